The number of nitrogens with one attached hydrogen (secondary N) is 1. The maximum Gasteiger partial charge on any atom is 0.267 e. The Hall–Kier alpha value is -2.52. The highest BCUT2D eigenvalue weighted by molar-refractivity contribution is 7.89. The Labute approximate surface area is 157 Å². The molecule has 2 heterocycles. The summed E-state index contributed by atoms with van der Waals surface area (Å²) >= 11 is 0. The second-order valence-electron chi connectivity index (χ2n) is 6.77. The maximum atomic E-state index is 12.8. The number of carbonyl (C=O) groups is 1. The number of piperidine rings is 1. The number of aromatic amines is 1. The van der Waals surface area contributed by atoms with Crippen LogP contribution in [-0.2, 0) is 21.2 Å². The van der Waals surface area contributed by atoms with Crippen molar-refractivity contribution in [1.29, 1.82) is 0 Å². The SMILES string of the molecule is Cc1cc(Cc2ccc(S(=O)(=O)N3CCC(C(N)=O)CC3)cc2)c(=O)[nH]n1. The number of H-pyrrole nitrogens is 1. The Morgan fingerprint density at radius 2 is 1.89 bits per heavy atom. The highest BCUT2D eigenvalue weighted by Gasteiger charge is 2.31. The first kappa shape index (κ1) is 19.2. The predicted octanol–water partition coefficient (Wildman–Crippen LogP) is 0.555. The van der Waals surface area contributed by atoms with Crippen molar-refractivity contribution in [3.8, 4) is 0 Å². The molecule has 1 aliphatic rings. The maximum absolute atomic E-state index is 12.8. The van der Waals surface area contributed by atoms with Crippen LogP contribution in [0.15, 0.2) is 40.0 Å². The van der Waals surface area contributed by atoms with Crippen LogP contribution in [0.2, 0.25) is 0 Å². The van der Waals surface area contributed by atoms with Crippen molar-refractivity contribution in [3.63, 3.8) is 0 Å². The van der Waals surface area contributed by atoms with Crippen LogP contribution in [0.3, 0.4) is 0 Å². The molecule has 3 N–H and O–H groups in total. The molecule has 144 valence electrons. The number of carbonyl (C=O) groups excluding carboxylic acids is 1. The van der Waals surface area contributed by atoms with Crippen LogP contribution < -0.4 is 11.3 Å². The van der Waals surface area contributed by atoms with E-state index in [0.29, 0.717) is 30.5 Å². The summed E-state index contributed by atoms with van der Waals surface area (Å²) in [5, 5.41) is 6.28. The van der Waals surface area contributed by atoms with Crippen molar-refractivity contribution in [2.24, 2.45) is 11.7 Å². The Kier molecular flexibility index (Phi) is 5.43. The number of primary amides is 1. The van der Waals surface area contributed by atoms with Crippen LogP contribution >= 0.6 is 0 Å². The molecular formula is C18H22N4O4S. The third-order valence-corrected chi connectivity index (χ3v) is 6.73. The average molecular weight is 390 g/mol. The Morgan fingerprint density at radius 3 is 2.48 bits per heavy atom. The van der Waals surface area contributed by atoms with E-state index in [1.165, 1.54) is 4.31 Å². The van der Waals surface area contributed by atoms with Gasteiger partial charge in [-0.15, -0.1) is 0 Å². The first-order chi connectivity index (χ1) is 12.8. The lowest BCUT2D eigenvalue weighted by Crippen LogP contribution is -2.41. The zero-order valence-corrected chi connectivity index (χ0v) is 15.8. The lowest BCUT2D eigenvalue weighted by Gasteiger charge is -2.29. The number of rotatable bonds is 5. The first-order valence-electron chi connectivity index (χ1n) is 8.71. The van der Waals surface area contributed by atoms with E-state index in [-0.39, 0.29) is 35.4 Å². The van der Waals surface area contributed by atoms with Gasteiger partial charge in [-0.25, -0.2) is 13.5 Å². The first-order valence-corrected chi connectivity index (χ1v) is 10.1. The minimum Gasteiger partial charge on any atom is -0.369 e. The van der Waals surface area contributed by atoms with Crippen LogP contribution in [0.4, 0.5) is 0 Å². The predicted molar refractivity (Wildman–Crippen MR) is 99.5 cm³/mol. The minimum atomic E-state index is -3.61. The van der Waals surface area contributed by atoms with E-state index < -0.39 is 10.0 Å². The van der Waals surface area contributed by atoms with E-state index in [4.69, 9.17) is 5.73 Å². The van der Waals surface area contributed by atoms with Gasteiger partial charge in [0.1, 0.15) is 0 Å². The average Bonchev–Trinajstić information content (AvgIpc) is 2.65. The molecule has 0 unspecified atom stereocenters. The van der Waals surface area contributed by atoms with Gasteiger partial charge < -0.3 is 5.73 Å². The highest BCUT2D eigenvalue weighted by Crippen LogP contribution is 2.24. The Balaban J connectivity index is 1.74. The summed E-state index contributed by atoms with van der Waals surface area (Å²) in [5.41, 5.74) is 7.16. The molecule has 0 aliphatic carbocycles. The second-order valence-corrected chi connectivity index (χ2v) is 8.70. The molecule has 8 nitrogen and oxygen atoms in total. The normalized spacial score (nSPS) is 16.3. The quantitative estimate of drug-likeness (QED) is 0.771. The zero-order valence-electron chi connectivity index (χ0n) is 15.0. The molecule has 0 spiro atoms. The van der Waals surface area contributed by atoms with Crippen molar-refractivity contribution in [2.45, 2.75) is 31.1 Å². The Bertz CT molecular complexity index is 991. The molecular weight excluding hydrogens is 368 g/mol. The summed E-state index contributed by atoms with van der Waals surface area (Å²) in [6.07, 6.45) is 1.27. The summed E-state index contributed by atoms with van der Waals surface area (Å²) in [6.45, 7) is 2.35. The standard InChI is InChI=1S/C18H22N4O4S/c1-12-10-15(18(24)21-20-12)11-13-2-4-16(5-3-13)27(25,26)22-8-6-14(7-9-22)17(19)23/h2-5,10,14H,6-9,11H2,1H3,(H2,19,23)(H,21,24). The third-order valence-electron chi connectivity index (χ3n) is 4.82. The molecule has 0 saturated carbocycles. The number of nitrogens with zero attached hydrogens (tertiary/aromatic N) is 2. The van der Waals surface area contributed by atoms with E-state index >= 15 is 0 Å². The molecule has 1 aromatic carbocycles. The zero-order chi connectivity index (χ0) is 19.6. The number of benzene rings is 1. The number of hydrogen-bond acceptors (Lipinski definition) is 5. The largest absolute Gasteiger partial charge is 0.369 e. The van der Waals surface area contributed by atoms with Crippen LogP contribution in [0.5, 0.6) is 0 Å². The summed E-state index contributed by atoms with van der Waals surface area (Å²) in [6, 6.07) is 8.23. The lowest BCUT2D eigenvalue weighted by atomic mass is 9.98. The van der Waals surface area contributed by atoms with Gasteiger partial charge in [-0.2, -0.15) is 9.40 Å². The fraction of sp³-hybridized carbons (Fsp3) is 0.389. The van der Waals surface area contributed by atoms with Gasteiger partial charge in [0, 0.05) is 31.0 Å². The van der Waals surface area contributed by atoms with Gasteiger partial charge in [-0.3, -0.25) is 9.59 Å². The monoisotopic (exact) mass is 390 g/mol. The molecule has 27 heavy (non-hydrogen) atoms. The number of nitrogens with two attached hydrogens (primary N) is 1. The van der Waals surface area contributed by atoms with E-state index in [1.807, 2.05) is 0 Å². The summed E-state index contributed by atoms with van der Waals surface area (Å²) in [7, 11) is -3.61. The van der Waals surface area contributed by atoms with Crippen molar-refractivity contribution in [2.75, 3.05) is 13.1 Å². The third kappa shape index (κ3) is 4.25. The molecule has 1 amide bonds. The molecule has 3 rings (SSSR count). The van der Waals surface area contributed by atoms with Gasteiger partial charge in [-0.1, -0.05) is 12.1 Å². The number of sulfonamides is 1. The summed E-state index contributed by atoms with van der Waals surface area (Å²) in [5.74, 6) is -0.640. The fourth-order valence-corrected chi connectivity index (χ4v) is 4.69. The second kappa shape index (κ2) is 7.61. The molecule has 9 heteroatoms. The molecule has 0 bridgehead atoms. The van der Waals surface area contributed by atoms with E-state index in [1.54, 1.807) is 37.3 Å². The molecule has 0 atom stereocenters. The summed E-state index contributed by atoms with van der Waals surface area (Å²) in [4.78, 5) is 23.3. The van der Waals surface area contributed by atoms with E-state index in [9.17, 15) is 18.0 Å². The van der Waals surface area contributed by atoms with Crippen molar-refractivity contribution in [3.05, 3.63) is 57.5 Å². The van der Waals surface area contributed by atoms with Gasteiger partial charge in [0.25, 0.3) is 5.56 Å². The molecule has 1 aromatic heterocycles. The number of hydrogen-bond donors (Lipinski definition) is 2. The number of aryl methyl sites for hydroxylation is 1. The lowest BCUT2D eigenvalue weighted by molar-refractivity contribution is -0.122. The molecule has 2 aromatic rings. The van der Waals surface area contributed by atoms with Crippen LogP contribution in [0, 0.1) is 12.8 Å². The van der Waals surface area contributed by atoms with Crippen LogP contribution in [0.1, 0.15) is 29.7 Å². The Morgan fingerprint density at radius 1 is 1.26 bits per heavy atom. The topological polar surface area (TPSA) is 126 Å². The van der Waals surface area contributed by atoms with Crippen molar-refractivity contribution < 1.29 is 13.2 Å². The van der Waals surface area contributed by atoms with E-state index in [2.05, 4.69) is 10.2 Å². The van der Waals surface area contributed by atoms with Gasteiger partial charge in [0.05, 0.1) is 10.6 Å². The van der Waals surface area contributed by atoms with Gasteiger partial charge in [0.2, 0.25) is 15.9 Å². The van der Waals surface area contributed by atoms with Crippen molar-refractivity contribution in [1.82, 2.24) is 14.5 Å². The van der Waals surface area contributed by atoms with Gasteiger partial charge in [-0.05, 0) is 43.5 Å². The molecule has 1 fully saturated rings. The number of aromatic nitrogens is 2. The fourth-order valence-electron chi connectivity index (χ4n) is 3.22. The van der Waals surface area contributed by atoms with Crippen LogP contribution in [0.25, 0.3) is 0 Å². The number of amides is 1. The highest BCUT2D eigenvalue weighted by atomic mass is 32.2. The molecule has 1 saturated heterocycles. The van der Waals surface area contributed by atoms with Gasteiger partial charge in [0.15, 0.2) is 0 Å². The van der Waals surface area contributed by atoms with E-state index in [0.717, 1.165) is 5.56 Å². The van der Waals surface area contributed by atoms with Crippen molar-refractivity contribution >= 4 is 15.9 Å². The molecule has 0 radical (unpaired) electrons. The molecule has 1 aliphatic heterocycles. The smallest absolute Gasteiger partial charge is 0.267 e. The van der Waals surface area contributed by atoms with Crippen LogP contribution in [-0.4, -0.2) is 41.9 Å². The van der Waals surface area contributed by atoms with Gasteiger partial charge >= 0.3 is 0 Å². The minimum absolute atomic E-state index is 0.198. The summed E-state index contributed by atoms with van der Waals surface area (Å²) < 4.78 is 26.9.